The molecule has 0 saturated carbocycles. The first-order valence-corrected chi connectivity index (χ1v) is 10.4. The van der Waals surface area contributed by atoms with Gasteiger partial charge in [-0.05, 0) is 36.8 Å². The van der Waals surface area contributed by atoms with Gasteiger partial charge < -0.3 is 10.5 Å². The second-order valence-electron chi connectivity index (χ2n) is 6.36. The number of sulfonamides is 1. The Hall–Kier alpha value is -2.95. The van der Waals surface area contributed by atoms with E-state index in [1.54, 1.807) is 55.5 Å². The van der Waals surface area contributed by atoms with Crippen LogP contribution >= 0.6 is 11.6 Å². The smallest absolute Gasteiger partial charge is 0.265 e. The van der Waals surface area contributed by atoms with Crippen LogP contribution in [0.4, 0.5) is 5.69 Å². The molecule has 1 unspecified atom stereocenters. The van der Waals surface area contributed by atoms with Crippen molar-refractivity contribution in [3.05, 3.63) is 81.0 Å². The second-order valence-corrected chi connectivity index (χ2v) is 8.63. The molecule has 1 atom stereocenters. The van der Waals surface area contributed by atoms with Crippen LogP contribution in [-0.2, 0) is 14.8 Å². The van der Waals surface area contributed by atoms with Gasteiger partial charge in [-0.15, -0.1) is 0 Å². The average Bonchev–Trinajstić information content (AvgIpc) is 2.67. The number of hydrogen-bond acceptors (Lipinski definition) is 5. The van der Waals surface area contributed by atoms with Crippen molar-refractivity contribution < 1.29 is 13.2 Å². The molecule has 0 bridgehead atoms. The van der Waals surface area contributed by atoms with E-state index in [1.165, 1.54) is 4.31 Å². The third-order valence-corrected chi connectivity index (χ3v) is 7.07. The summed E-state index contributed by atoms with van der Waals surface area (Å²) in [7, 11) is -3.96. The lowest BCUT2D eigenvalue weighted by molar-refractivity contribution is 0.357. The minimum atomic E-state index is -3.96. The van der Waals surface area contributed by atoms with Crippen molar-refractivity contribution in [2.45, 2.75) is 12.8 Å². The maximum Gasteiger partial charge on any atom is 0.265 e. The predicted molar refractivity (Wildman–Crippen MR) is 107 cm³/mol. The van der Waals surface area contributed by atoms with Gasteiger partial charge in [0.15, 0.2) is 5.76 Å². The number of hydrogen-bond donors (Lipinski definition) is 1. The highest BCUT2D eigenvalue weighted by Crippen LogP contribution is 2.50. The summed E-state index contributed by atoms with van der Waals surface area (Å²) >= 11 is 6.14. The fourth-order valence-corrected chi connectivity index (χ4v) is 5.80. The van der Waals surface area contributed by atoms with Crippen molar-refractivity contribution >= 4 is 33.1 Å². The zero-order valence-corrected chi connectivity index (χ0v) is 16.5. The summed E-state index contributed by atoms with van der Waals surface area (Å²) in [5.41, 5.74) is 7.76. The highest BCUT2D eigenvalue weighted by atomic mass is 35.5. The van der Waals surface area contributed by atoms with Crippen LogP contribution in [0.25, 0.3) is 5.76 Å². The van der Waals surface area contributed by atoms with Gasteiger partial charge in [0.2, 0.25) is 5.88 Å². The van der Waals surface area contributed by atoms with E-state index in [1.807, 2.05) is 6.07 Å². The summed E-state index contributed by atoms with van der Waals surface area (Å²) in [5, 5.41) is 10.1. The SMILES string of the molecule is CCN1c2ccccc2C2=C(C(c3cccc(Cl)c3)C(C#N)=C(N)O2)S1(=O)=O. The Bertz CT molecular complexity index is 1200. The largest absolute Gasteiger partial charge is 0.439 e. The molecule has 6 nitrogen and oxygen atoms in total. The zero-order valence-electron chi connectivity index (χ0n) is 14.9. The number of nitrogens with zero attached hydrogens (tertiary/aromatic N) is 2. The molecular weight excluding hydrogens is 398 g/mol. The molecule has 2 aromatic carbocycles. The lowest BCUT2D eigenvalue weighted by Crippen LogP contribution is -2.39. The number of nitriles is 1. The molecule has 2 aliphatic rings. The molecule has 4 rings (SSSR count). The molecule has 2 aliphatic heterocycles. The Morgan fingerprint density at radius 2 is 2.00 bits per heavy atom. The summed E-state index contributed by atoms with van der Waals surface area (Å²) in [4.78, 5) is 0.000988. The van der Waals surface area contributed by atoms with Crippen LogP contribution < -0.4 is 10.0 Å². The van der Waals surface area contributed by atoms with E-state index < -0.39 is 15.9 Å². The number of halogens is 1. The topological polar surface area (TPSA) is 96.4 Å². The van der Waals surface area contributed by atoms with Gasteiger partial charge in [-0.25, -0.2) is 8.42 Å². The van der Waals surface area contributed by atoms with E-state index in [2.05, 4.69) is 0 Å². The second kappa shape index (κ2) is 6.59. The molecule has 2 aromatic rings. The number of rotatable bonds is 2. The van der Waals surface area contributed by atoms with Crippen LogP contribution in [0.15, 0.2) is 64.9 Å². The number of allylic oxidation sites excluding steroid dienone is 2. The van der Waals surface area contributed by atoms with Crippen molar-refractivity contribution in [3.8, 4) is 6.07 Å². The van der Waals surface area contributed by atoms with Gasteiger partial charge in [0.05, 0.1) is 11.6 Å². The van der Waals surface area contributed by atoms with E-state index >= 15 is 0 Å². The van der Waals surface area contributed by atoms with Gasteiger partial charge in [0, 0.05) is 17.1 Å². The third kappa shape index (κ3) is 2.57. The normalized spacial score (nSPS) is 20.2. The van der Waals surface area contributed by atoms with Crippen LogP contribution in [0.5, 0.6) is 0 Å². The van der Waals surface area contributed by atoms with Crippen LogP contribution in [0.3, 0.4) is 0 Å². The molecule has 0 aromatic heterocycles. The number of benzene rings is 2. The number of para-hydroxylation sites is 1. The third-order valence-electron chi connectivity index (χ3n) is 4.83. The van der Waals surface area contributed by atoms with E-state index in [0.717, 1.165) is 0 Å². The lowest BCUT2D eigenvalue weighted by atomic mass is 9.88. The molecule has 2 N–H and O–H groups in total. The van der Waals surface area contributed by atoms with Crippen LogP contribution in [0, 0.1) is 11.3 Å². The van der Waals surface area contributed by atoms with E-state index in [4.69, 9.17) is 22.1 Å². The minimum Gasteiger partial charge on any atom is -0.439 e. The molecule has 0 radical (unpaired) electrons. The Kier molecular flexibility index (Phi) is 4.33. The molecule has 0 saturated heterocycles. The van der Waals surface area contributed by atoms with Gasteiger partial charge in [0.1, 0.15) is 16.5 Å². The monoisotopic (exact) mass is 413 g/mol. The maximum atomic E-state index is 13.6. The predicted octanol–water partition coefficient (Wildman–Crippen LogP) is 3.69. The molecule has 8 heteroatoms. The Balaban J connectivity index is 2.09. The maximum absolute atomic E-state index is 13.6. The van der Waals surface area contributed by atoms with Gasteiger partial charge in [0.25, 0.3) is 10.0 Å². The quantitative estimate of drug-likeness (QED) is 0.809. The molecule has 2 heterocycles. The van der Waals surface area contributed by atoms with Crippen LogP contribution in [0.1, 0.15) is 24.0 Å². The van der Waals surface area contributed by atoms with E-state index in [0.29, 0.717) is 21.8 Å². The first-order valence-electron chi connectivity index (χ1n) is 8.59. The van der Waals surface area contributed by atoms with Crippen molar-refractivity contribution in [2.24, 2.45) is 5.73 Å². The minimum absolute atomic E-state index is 0.000988. The van der Waals surface area contributed by atoms with E-state index in [9.17, 15) is 13.7 Å². The molecule has 0 fully saturated rings. The van der Waals surface area contributed by atoms with Crippen LogP contribution in [0.2, 0.25) is 5.02 Å². The fourth-order valence-electron chi connectivity index (χ4n) is 3.67. The summed E-state index contributed by atoms with van der Waals surface area (Å²) in [6.45, 7) is 1.99. The zero-order chi connectivity index (χ0) is 20.1. The highest BCUT2D eigenvalue weighted by molar-refractivity contribution is 7.97. The van der Waals surface area contributed by atoms with Gasteiger partial charge in [-0.1, -0.05) is 35.9 Å². The molecule has 142 valence electrons. The van der Waals surface area contributed by atoms with E-state index in [-0.39, 0.29) is 28.7 Å². The summed E-state index contributed by atoms with van der Waals surface area (Å²) < 4.78 is 34.1. The summed E-state index contributed by atoms with van der Waals surface area (Å²) in [6, 6.07) is 15.8. The number of fused-ring (bicyclic) bond motifs is 2. The molecule has 0 aliphatic carbocycles. The summed E-state index contributed by atoms with van der Waals surface area (Å²) in [5.74, 6) is -0.859. The molecule has 0 amide bonds. The number of ether oxygens (including phenoxy) is 1. The average molecular weight is 414 g/mol. The summed E-state index contributed by atoms with van der Waals surface area (Å²) in [6.07, 6.45) is 0. The first-order chi connectivity index (χ1) is 13.4. The Morgan fingerprint density at radius 3 is 2.68 bits per heavy atom. The Morgan fingerprint density at radius 1 is 1.25 bits per heavy atom. The Labute approximate surface area is 168 Å². The number of anilines is 1. The van der Waals surface area contributed by atoms with Crippen LogP contribution in [-0.4, -0.2) is 15.0 Å². The highest BCUT2D eigenvalue weighted by Gasteiger charge is 2.46. The van der Waals surface area contributed by atoms with Crippen molar-refractivity contribution in [2.75, 3.05) is 10.8 Å². The van der Waals surface area contributed by atoms with Gasteiger partial charge >= 0.3 is 0 Å². The standard InChI is InChI=1S/C20H16ClN3O3S/c1-2-24-16-9-4-3-8-14(16)18-19(28(24,25)26)17(15(11-22)20(23)27-18)12-6-5-7-13(21)10-12/h3-10,17H,2,23H2,1H3. The van der Waals surface area contributed by atoms with Gasteiger partial charge in [-0.3, -0.25) is 4.31 Å². The fraction of sp³-hybridized carbons (Fsp3) is 0.150. The van der Waals surface area contributed by atoms with Crippen molar-refractivity contribution in [1.29, 1.82) is 5.26 Å². The first kappa shape index (κ1) is 18.4. The lowest BCUT2D eigenvalue weighted by Gasteiger charge is -2.37. The molecule has 0 spiro atoms. The number of nitrogens with two attached hydrogens (primary N) is 1. The molecular formula is C20H16ClN3O3S. The van der Waals surface area contributed by atoms with Gasteiger partial charge in [-0.2, -0.15) is 5.26 Å². The molecule has 28 heavy (non-hydrogen) atoms. The van der Waals surface area contributed by atoms with Crippen molar-refractivity contribution in [1.82, 2.24) is 0 Å². The van der Waals surface area contributed by atoms with Crippen molar-refractivity contribution in [3.63, 3.8) is 0 Å².